The van der Waals surface area contributed by atoms with Crippen molar-refractivity contribution in [1.82, 2.24) is 14.7 Å². The molecule has 1 aliphatic rings. The van der Waals surface area contributed by atoms with E-state index in [0.717, 1.165) is 53.9 Å². The molecule has 1 aromatic heterocycles. The number of benzene rings is 2. The average Bonchev–Trinajstić information content (AvgIpc) is 3.43. The molecular weight excluding hydrogens is 498 g/mol. The molecule has 0 aliphatic carbocycles. The summed E-state index contributed by atoms with van der Waals surface area (Å²) in [6, 6.07) is 18.0. The molecule has 1 aliphatic heterocycles. The highest BCUT2D eigenvalue weighted by atomic mass is 32.2. The van der Waals surface area contributed by atoms with Crippen LogP contribution in [0.3, 0.4) is 0 Å². The number of unbranched alkanes of at least 4 members (excludes halogenated alkanes) is 3. The zero-order valence-corrected chi connectivity index (χ0v) is 23.5. The Hall–Kier alpha value is -2.90. The van der Waals surface area contributed by atoms with Gasteiger partial charge in [0.25, 0.3) is 5.91 Å². The van der Waals surface area contributed by atoms with Crippen molar-refractivity contribution in [2.24, 2.45) is 5.92 Å². The van der Waals surface area contributed by atoms with E-state index < -0.39 is 0 Å². The fourth-order valence-corrected chi connectivity index (χ4v) is 5.38. The molecule has 0 unspecified atom stereocenters. The lowest BCUT2D eigenvalue weighted by atomic mass is 10.1. The van der Waals surface area contributed by atoms with E-state index in [4.69, 9.17) is 22.1 Å². The molecule has 0 N–H and O–H groups in total. The Morgan fingerprint density at radius 1 is 1.05 bits per heavy atom. The highest BCUT2D eigenvalue weighted by Crippen LogP contribution is 2.35. The van der Waals surface area contributed by atoms with Crippen LogP contribution < -0.4 is 4.74 Å². The first-order valence-electron chi connectivity index (χ1n) is 13.1. The first-order valence-corrected chi connectivity index (χ1v) is 14.3. The quantitative estimate of drug-likeness (QED) is 0.135. The van der Waals surface area contributed by atoms with Crippen molar-refractivity contribution in [3.63, 3.8) is 0 Å². The molecule has 37 heavy (non-hydrogen) atoms. The SMILES string of the molecule is CCCCCCN1C(=O)C(=Cc2cn(-c3ccccc3)nc2-c2ccc(OCCC(C)C)cc2)SC1=S. The number of aromatic nitrogens is 2. The van der Waals surface area contributed by atoms with Gasteiger partial charge in [-0.1, -0.05) is 82.2 Å². The predicted molar refractivity (Wildman–Crippen MR) is 158 cm³/mol. The lowest BCUT2D eigenvalue weighted by Gasteiger charge is -2.13. The fourth-order valence-electron chi connectivity index (χ4n) is 4.08. The summed E-state index contributed by atoms with van der Waals surface area (Å²) < 4.78 is 8.39. The number of carbonyl (C=O) groups excluding carboxylic acids is 1. The Morgan fingerprint density at radius 2 is 1.81 bits per heavy atom. The van der Waals surface area contributed by atoms with Crippen LogP contribution in [0.2, 0.25) is 0 Å². The van der Waals surface area contributed by atoms with Gasteiger partial charge in [0.1, 0.15) is 10.1 Å². The summed E-state index contributed by atoms with van der Waals surface area (Å²) in [7, 11) is 0. The van der Waals surface area contributed by atoms with E-state index in [2.05, 4.69) is 20.8 Å². The van der Waals surface area contributed by atoms with Crippen molar-refractivity contribution in [2.75, 3.05) is 13.2 Å². The zero-order valence-electron chi connectivity index (χ0n) is 21.9. The van der Waals surface area contributed by atoms with Gasteiger partial charge in [-0.15, -0.1) is 0 Å². The van der Waals surface area contributed by atoms with E-state index in [1.165, 1.54) is 18.2 Å². The van der Waals surface area contributed by atoms with E-state index in [1.54, 1.807) is 4.90 Å². The predicted octanol–water partition coefficient (Wildman–Crippen LogP) is 7.75. The lowest BCUT2D eigenvalue weighted by Crippen LogP contribution is -2.29. The van der Waals surface area contributed by atoms with E-state index in [9.17, 15) is 4.79 Å². The first-order chi connectivity index (χ1) is 18.0. The van der Waals surface area contributed by atoms with Gasteiger partial charge < -0.3 is 4.74 Å². The Bertz CT molecular complexity index is 1230. The second-order valence-electron chi connectivity index (χ2n) is 9.66. The van der Waals surface area contributed by atoms with Gasteiger partial charge in [0.2, 0.25) is 0 Å². The van der Waals surface area contributed by atoms with E-state index >= 15 is 0 Å². The topological polar surface area (TPSA) is 47.4 Å². The molecule has 4 rings (SSSR count). The first kappa shape index (κ1) is 27.1. The molecule has 3 aromatic rings. The Kier molecular flexibility index (Phi) is 9.58. The lowest BCUT2D eigenvalue weighted by molar-refractivity contribution is -0.122. The van der Waals surface area contributed by atoms with Crippen LogP contribution in [0.1, 0.15) is 58.4 Å². The fraction of sp³-hybridized carbons (Fsp3) is 0.367. The normalized spacial score (nSPS) is 14.8. The summed E-state index contributed by atoms with van der Waals surface area (Å²) in [5.74, 6) is 1.43. The molecule has 0 saturated carbocycles. The number of nitrogens with zero attached hydrogens (tertiary/aromatic N) is 3. The highest BCUT2D eigenvalue weighted by Gasteiger charge is 2.32. The van der Waals surface area contributed by atoms with Crippen LogP contribution in [0.25, 0.3) is 23.0 Å². The van der Waals surface area contributed by atoms with E-state index in [1.807, 2.05) is 71.6 Å². The summed E-state index contributed by atoms with van der Waals surface area (Å²) in [5, 5.41) is 4.91. The van der Waals surface area contributed by atoms with Crippen LogP contribution in [-0.2, 0) is 4.79 Å². The van der Waals surface area contributed by atoms with Crippen LogP contribution >= 0.6 is 24.0 Å². The van der Waals surface area contributed by atoms with Crippen LogP contribution in [0.4, 0.5) is 0 Å². The van der Waals surface area contributed by atoms with Gasteiger partial charge >= 0.3 is 0 Å². The van der Waals surface area contributed by atoms with Gasteiger partial charge in [-0.3, -0.25) is 9.69 Å². The van der Waals surface area contributed by atoms with Gasteiger partial charge in [-0.05, 0) is 61.2 Å². The number of ether oxygens (including phenoxy) is 1. The maximum atomic E-state index is 13.2. The van der Waals surface area contributed by atoms with Gasteiger partial charge in [0.05, 0.1) is 22.9 Å². The summed E-state index contributed by atoms with van der Waals surface area (Å²) in [4.78, 5) is 15.6. The number of rotatable bonds is 12. The molecule has 0 bridgehead atoms. The standard InChI is InChI=1S/C30H35N3O2S2/c1-4-5-6-10-18-32-29(34)27(37-30(32)36)20-24-21-33(25-11-8-7-9-12-25)31-28(24)23-13-15-26(16-14-23)35-19-17-22(2)3/h7-9,11-16,20-22H,4-6,10,17-19H2,1-3H3. The Balaban J connectivity index is 1.61. The molecule has 2 heterocycles. The third kappa shape index (κ3) is 7.11. The average molecular weight is 534 g/mol. The minimum Gasteiger partial charge on any atom is -0.494 e. The van der Waals surface area contributed by atoms with Gasteiger partial charge in [-0.2, -0.15) is 5.10 Å². The molecule has 2 aromatic carbocycles. The smallest absolute Gasteiger partial charge is 0.266 e. The van der Waals surface area contributed by atoms with Crippen molar-refractivity contribution >= 4 is 40.3 Å². The van der Waals surface area contributed by atoms with Crippen molar-refractivity contribution in [3.8, 4) is 22.7 Å². The minimum absolute atomic E-state index is 0.0150. The number of hydrogen-bond donors (Lipinski definition) is 0. The van der Waals surface area contributed by atoms with E-state index in [-0.39, 0.29) is 5.91 Å². The molecule has 0 spiro atoms. The molecule has 5 nitrogen and oxygen atoms in total. The van der Waals surface area contributed by atoms with Crippen LogP contribution in [-0.4, -0.2) is 38.1 Å². The molecule has 194 valence electrons. The second kappa shape index (κ2) is 13.1. The monoisotopic (exact) mass is 533 g/mol. The van der Waals surface area contributed by atoms with Crippen molar-refractivity contribution in [2.45, 2.75) is 52.9 Å². The summed E-state index contributed by atoms with van der Waals surface area (Å²) in [6.07, 6.45) is 9.34. The number of carbonyl (C=O) groups is 1. The van der Waals surface area contributed by atoms with Crippen LogP contribution in [0, 0.1) is 5.92 Å². The van der Waals surface area contributed by atoms with Crippen molar-refractivity contribution < 1.29 is 9.53 Å². The molecule has 1 fully saturated rings. The van der Waals surface area contributed by atoms with Crippen LogP contribution in [0.15, 0.2) is 65.7 Å². The van der Waals surface area contributed by atoms with Crippen LogP contribution in [0.5, 0.6) is 5.75 Å². The summed E-state index contributed by atoms with van der Waals surface area (Å²) >= 11 is 6.93. The van der Waals surface area contributed by atoms with E-state index in [0.29, 0.717) is 28.3 Å². The Labute approximate surface area is 229 Å². The third-order valence-electron chi connectivity index (χ3n) is 6.25. The molecule has 1 amide bonds. The summed E-state index contributed by atoms with van der Waals surface area (Å²) in [5.41, 5.74) is 3.61. The largest absolute Gasteiger partial charge is 0.494 e. The van der Waals surface area contributed by atoms with Gasteiger partial charge in [0, 0.05) is 23.9 Å². The second-order valence-corrected chi connectivity index (χ2v) is 11.3. The number of thiocarbonyl (C=S) groups is 1. The molecule has 0 radical (unpaired) electrons. The van der Waals surface area contributed by atoms with Gasteiger partial charge in [0.15, 0.2) is 0 Å². The highest BCUT2D eigenvalue weighted by molar-refractivity contribution is 8.26. The maximum Gasteiger partial charge on any atom is 0.266 e. The van der Waals surface area contributed by atoms with Crippen molar-refractivity contribution in [3.05, 3.63) is 71.3 Å². The Morgan fingerprint density at radius 3 is 2.51 bits per heavy atom. The number of amides is 1. The number of thioether (sulfide) groups is 1. The molecule has 1 saturated heterocycles. The molecular formula is C30H35N3O2S2. The zero-order chi connectivity index (χ0) is 26.2. The maximum absolute atomic E-state index is 13.2. The summed E-state index contributed by atoms with van der Waals surface area (Å²) in [6.45, 7) is 7.94. The van der Waals surface area contributed by atoms with Gasteiger partial charge in [-0.25, -0.2) is 4.68 Å². The number of para-hydroxylation sites is 1. The van der Waals surface area contributed by atoms with Crippen molar-refractivity contribution in [1.29, 1.82) is 0 Å². The minimum atomic E-state index is -0.0150. The molecule has 7 heteroatoms. The molecule has 0 atom stereocenters. The number of hydrogen-bond acceptors (Lipinski definition) is 5. The third-order valence-corrected chi connectivity index (χ3v) is 7.63.